The summed E-state index contributed by atoms with van der Waals surface area (Å²) in [5.74, 6) is 0. The zero-order valence-corrected chi connectivity index (χ0v) is 10.3. The van der Waals surface area contributed by atoms with E-state index in [1.165, 1.54) is 16.7 Å². The molecule has 4 N–H and O–H groups in total. The van der Waals surface area contributed by atoms with Crippen LogP contribution in [0.25, 0.3) is 0 Å². The van der Waals surface area contributed by atoms with Gasteiger partial charge in [-0.2, -0.15) is 0 Å². The molecular formula is C15H18N2. The van der Waals surface area contributed by atoms with Crippen LogP contribution >= 0.6 is 0 Å². The minimum Gasteiger partial charge on any atom is -0.399 e. The lowest BCUT2D eigenvalue weighted by atomic mass is 9.94. The van der Waals surface area contributed by atoms with Crippen LogP contribution in [0.15, 0.2) is 42.5 Å². The topological polar surface area (TPSA) is 52.0 Å². The summed E-state index contributed by atoms with van der Waals surface area (Å²) in [5.41, 5.74) is 17.5. The molecule has 2 heteroatoms. The van der Waals surface area contributed by atoms with Gasteiger partial charge in [0.1, 0.15) is 0 Å². The number of aryl methyl sites for hydroxylation is 2. The Hall–Kier alpha value is -1.80. The summed E-state index contributed by atoms with van der Waals surface area (Å²) in [6, 6.07) is 14.0. The first-order valence-electron chi connectivity index (χ1n) is 5.76. The fraction of sp³-hybridized carbons (Fsp3) is 0.200. The molecule has 0 aromatic heterocycles. The molecule has 1 atom stereocenters. The molecule has 2 rings (SSSR count). The Morgan fingerprint density at radius 1 is 0.941 bits per heavy atom. The number of nitrogens with two attached hydrogens (primary N) is 2. The van der Waals surface area contributed by atoms with Crippen molar-refractivity contribution in [3.05, 3.63) is 64.7 Å². The first-order chi connectivity index (χ1) is 8.08. The van der Waals surface area contributed by atoms with Crippen molar-refractivity contribution < 1.29 is 0 Å². The van der Waals surface area contributed by atoms with Gasteiger partial charge < -0.3 is 11.5 Å². The molecule has 0 amide bonds. The van der Waals surface area contributed by atoms with E-state index in [4.69, 9.17) is 11.5 Å². The summed E-state index contributed by atoms with van der Waals surface area (Å²) in [7, 11) is 0. The van der Waals surface area contributed by atoms with Crippen LogP contribution in [-0.4, -0.2) is 0 Å². The van der Waals surface area contributed by atoms with E-state index in [-0.39, 0.29) is 6.04 Å². The second kappa shape index (κ2) is 4.60. The van der Waals surface area contributed by atoms with Gasteiger partial charge in [0, 0.05) is 5.69 Å². The van der Waals surface area contributed by atoms with Crippen LogP contribution in [0.2, 0.25) is 0 Å². The van der Waals surface area contributed by atoms with E-state index in [2.05, 4.69) is 32.0 Å². The normalized spacial score (nSPS) is 12.4. The standard InChI is InChI=1S/C15H18N2/c1-10-3-8-14(11(2)9-10)15(17)12-4-6-13(16)7-5-12/h3-9,15H,16-17H2,1-2H3. The summed E-state index contributed by atoms with van der Waals surface area (Å²) in [5, 5.41) is 0. The second-order valence-electron chi connectivity index (χ2n) is 4.50. The largest absolute Gasteiger partial charge is 0.399 e. The summed E-state index contributed by atoms with van der Waals surface area (Å²) in [6.07, 6.45) is 0. The quantitative estimate of drug-likeness (QED) is 0.773. The van der Waals surface area contributed by atoms with Crippen molar-refractivity contribution in [2.75, 3.05) is 5.73 Å². The Labute approximate surface area is 102 Å². The van der Waals surface area contributed by atoms with E-state index in [0.717, 1.165) is 11.3 Å². The van der Waals surface area contributed by atoms with E-state index >= 15 is 0 Å². The highest BCUT2D eigenvalue weighted by atomic mass is 14.6. The molecule has 0 aliphatic rings. The van der Waals surface area contributed by atoms with Gasteiger partial charge in [-0.15, -0.1) is 0 Å². The van der Waals surface area contributed by atoms with Crippen LogP contribution in [0.3, 0.4) is 0 Å². The first-order valence-corrected chi connectivity index (χ1v) is 5.76. The van der Waals surface area contributed by atoms with Gasteiger partial charge in [-0.05, 0) is 42.7 Å². The monoisotopic (exact) mass is 226 g/mol. The van der Waals surface area contributed by atoms with Gasteiger partial charge in [-0.3, -0.25) is 0 Å². The van der Waals surface area contributed by atoms with Gasteiger partial charge in [0.05, 0.1) is 6.04 Å². The van der Waals surface area contributed by atoms with Gasteiger partial charge in [-0.25, -0.2) is 0 Å². The Kier molecular flexibility index (Phi) is 3.16. The van der Waals surface area contributed by atoms with Crippen LogP contribution < -0.4 is 11.5 Å². The minimum absolute atomic E-state index is 0.0869. The maximum atomic E-state index is 6.28. The van der Waals surface area contributed by atoms with E-state index in [0.29, 0.717) is 0 Å². The Balaban J connectivity index is 2.36. The first kappa shape index (κ1) is 11.7. The van der Waals surface area contributed by atoms with Gasteiger partial charge in [0.15, 0.2) is 0 Å². The van der Waals surface area contributed by atoms with Crippen LogP contribution in [0.5, 0.6) is 0 Å². The molecule has 0 fully saturated rings. The lowest BCUT2D eigenvalue weighted by Crippen LogP contribution is -2.13. The van der Waals surface area contributed by atoms with E-state index in [9.17, 15) is 0 Å². The highest BCUT2D eigenvalue weighted by Gasteiger charge is 2.10. The zero-order chi connectivity index (χ0) is 12.4. The molecule has 2 aromatic rings. The molecule has 0 heterocycles. The number of anilines is 1. The lowest BCUT2D eigenvalue weighted by Gasteiger charge is -2.16. The predicted octanol–water partition coefficient (Wildman–Crippen LogP) is 2.93. The van der Waals surface area contributed by atoms with Crippen molar-refractivity contribution >= 4 is 5.69 Å². The zero-order valence-electron chi connectivity index (χ0n) is 10.3. The van der Waals surface area contributed by atoms with E-state index in [1.807, 2.05) is 24.3 Å². The van der Waals surface area contributed by atoms with Gasteiger partial charge in [0.2, 0.25) is 0 Å². The molecule has 0 bridgehead atoms. The summed E-state index contributed by atoms with van der Waals surface area (Å²) < 4.78 is 0. The molecule has 1 unspecified atom stereocenters. The smallest absolute Gasteiger partial charge is 0.0554 e. The van der Waals surface area contributed by atoms with Gasteiger partial charge in [0.25, 0.3) is 0 Å². The summed E-state index contributed by atoms with van der Waals surface area (Å²) in [6.45, 7) is 4.19. The Morgan fingerprint density at radius 2 is 1.59 bits per heavy atom. The summed E-state index contributed by atoms with van der Waals surface area (Å²) in [4.78, 5) is 0. The third kappa shape index (κ3) is 2.48. The van der Waals surface area contributed by atoms with E-state index < -0.39 is 0 Å². The summed E-state index contributed by atoms with van der Waals surface area (Å²) >= 11 is 0. The average molecular weight is 226 g/mol. The molecule has 2 aromatic carbocycles. The molecule has 0 aliphatic heterocycles. The maximum absolute atomic E-state index is 6.28. The van der Waals surface area contributed by atoms with Crippen molar-refractivity contribution in [1.29, 1.82) is 0 Å². The molecular weight excluding hydrogens is 208 g/mol. The SMILES string of the molecule is Cc1ccc(C(N)c2ccc(N)cc2)c(C)c1. The lowest BCUT2D eigenvalue weighted by molar-refractivity contribution is 0.861. The fourth-order valence-corrected chi connectivity index (χ4v) is 2.06. The number of hydrogen-bond acceptors (Lipinski definition) is 2. The third-order valence-electron chi connectivity index (χ3n) is 3.06. The molecule has 0 radical (unpaired) electrons. The van der Waals surface area contributed by atoms with Gasteiger partial charge in [-0.1, -0.05) is 35.9 Å². The van der Waals surface area contributed by atoms with Crippen LogP contribution in [-0.2, 0) is 0 Å². The molecule has 0 aliphatic carbocycles. The molecule has 0 saturated heterocycles. The van der Waals surface area contributed by atoms with Crippen molar-refractivity contribution in [3.63, 3.8) is 0 Å². The number of rotatable bonds is 2. The second-order valence-corrected chi connectivity index (χ2v) is 4.50. The van der Waals surface area contributed by atoms with Crippen LogP contribution in [0.1, 0.15) is 28.3 Å². The predicted molar refractivity (Wildman–Crippen MR) is 72.8 cm³/mol. The average Bonchev–Trinajstić information content (AvgIpc) is 2.29. The van der Waals surface area contributed by atoms with Crippen molar-refractivity contribution in [3.8, 4) is 0 Å². The van der Waals surface area contributed by atoms with Crippen LogP contribution in [0, 0.1) is 13.8 Å². The Bertz CT molecular complexity index is 515. The van der Waals surface area contributed by atoms with Crippen molar-refractivity contribution in [2.24, 2.45) is 5.73 Å². The molecule has 17 heavy (non-hydrogen) atoms. The van der Waals surface area contributed by atoms with Crippen LogP contribution in [0.4, 0.5) is 5.69 Å². The number of nitrogen functional groups attached to an aromatic ring is 1. The van der Waals surface area contributed by atoms with Gasteiger partial charge >= 0.3 is 0 Å². The van der Waals surface area contributed by atoms with Crippen molar-refractivity contribution in [1.82, 2.24) is 0 Å². The van der Waals surface area contributed by atoms with Crippen molar-refractivity contribution in [2.45, 2.75) is 19.9 Å². The Morgan fingerprint density at radius 3 is 2.18 bits per heavy atom. The highest BCUT2D eigenvalue weighted by Crippen LogP contribution is 2.23. The molecule has 0 spiro atoms. The number of benzene rings is 2. The molecule has 2 nitrogen and oxygen atoms in total. The highest BCUT2D eigenvalue weighted by molar-refractivity contribution is 5.44. The van der Waals surface area contributed by atoms with E-state index in [1.54, 1.807) is 0 Å². The minimum atomic E-state index is -0.0869. The molecule has 0 saturated carbocycles. The molecule has 88 valence electrons. The fourth-order valence-electron chi connectivity index (χ4n) is 2.06. The third-order valence-corrected chi connectivity index (χ3v) is 3.06. The maximum Gasteiger partial charge on any atom is 0.0554 e. The number of hydrogen-bond donors (Lipinski definition) is 2.